The van der Waals surface area contributed by atoms with Gasteiger partial charge in [-0.1, -0.05) is 6.07 Å². The molecule has 1 heterocycles. The van der Waals surface area contributed by atoms with E-state index in [2.05, 4.69) is 15.9 Å². The summed E-state index contributed by atoms with van der Waals surface area (Å²) >= 11 is 4.19. The lowest BCUT2D eigenvalue weighted by molar-refractivity contribution is 0.485. The van der Waals surface area contributed by atoms with Crippen LogP contribution >= 0.6 is 27.3 Å². The Morgan fingerprint density at radius 1 is 1.24 bits per heavy atom. The summed E-state index contributed by atoms with van der Waals surface area (Å²) in [6.45, 7) is 0. The first-order chi connectivity index (χ1) is 7.97. The lowest BCUT2D eigenvalue weighted by Crippen LogP contribution is -2.07. The van der Waals surface area contributed by atoms with E-state index in [1.807, 2.05) is 0 Å². The summed E-state index contributed by atoms with van der Waals surface area (Å²) in [5, 5.41) is 0. The van der Waals surface area contributed by atoms with Crippen molar-refractivity contribution < 1.29 is 17.0 Å². The number of hydrogen-bond acceptors (Lipinski definition) is 4. The van der Waals surface area contributed by atoms with Crippen LogP contribution in [0, 0.1) is 5.82 Å². The second-order valence-corrected chi connectivity index (χ2v) is 7.29. The highest BCUT2D eigenvalue weighted by atomic mass is 79.9. The van der Waals surface area contributed by atoms with Gasteiger partial charge in [0.15, 0.2) is 4.21 Å². The third-order valence-electron chi connectivity index (χ3n) is 1.80. The molecule has 0 fully saturated rings. The van der Waals surface area contributed by atoms with Crippen molar-refractivity contribution >= 4 is 37.4 Å². The Kier molecular flexibility index (Phi) is 3.50. The van der Waals surface area contributed by atoms with Gasteiger partial charge in [-0.2, -0.15) is 8.42 Å². The summed E-state index contributed by atoms with van der Waals surface area (Å²) in [4.78, 5) is 0. The van der Waals surface area contributed by atoms with Gasteiger partial charge in [0.05, 0.1) is 3.79 Å². The lowest BCUT2D eigenvalue weighted by atomic mass is 10.3. The van der Waals surface area contributed by atoms with Gasteiger partial charge in [-0.15, -0.1) is 11.3 Å². The molecular formula is C10H6BrFO3S2. The highest BCUT2D eigenvalue weighted by Crippen LogP contribution is 2.28. The maximum Gasteiger partial charge on any atom is 0.348 e. The Morgan fingerprint density at radius 2 is 2.00 bits per heavy atom. The topological polar surface area (TPSA) is 43.4 Å². The van der Waals surface area contributed by atoms with Crippen LogP contribution in [0.4, 0.5) is 4.39 Å². The first-order valence-electron chi connectivity index (χ1n) is 4.43. The SMILES string of the molecule is O=S(=O)(Oc1cccc(F)c1)c1ccc(Br)s1. The molecule has 3 nitrogen and oxygen atoms in total. The monoisotopic (exact) mass is 336 g/mol. The zero-order valence-electron chi connectivity index (χ0n) is 8.26. The highest BCUT2D eigenvalue weighted by Gasteiger charge is 2.19. The first kappa shape index (κ1) is 12.5. The fourth-order valence-electron chi connectivity index (χ4n) is 1.12. The molecule has 0 unspecified atom stereocenters. The molecule has 0 spiro atoms. The van der Waals surface area contributed by atoms with Crippen LogP contribution in [-0.2, 0) is 10.1 Å². The molecule has 0 saturated heterocycles. The molecule has 17 heavy (non-hydrogen) atoms. The predicted octanol–water partition coefficient (Wildman–Crippen LogP) is 3.42. The molecule has 1 aromatic heterocycles. The quantitative estimate of drug-likeness (QED) is 0.806. The first-order valence-corrected chi connectivity index (χ1v) is 7.44. The molecule has 0 amide bonds. The number of hydrogen-bond donors (Lipinski definition) is 0. The molecule has 2 rings (SSSR count). The van der Waals surface area contributed by atoms with Crippen LogP contribution in [-0.4, -0.2) is 8.42 Å². The van der Waals surface area contributed by atoms with Crippen molar-refractivity contribution in [3.8, 4) is 5.75 Å². The number of thiophene rings is 1. The van der Waals surface area contributed by atoms with Gasteiger partial charge < -0.3 is 4.18 Å². The number of rotatable bonds is 3. The molecule has 0 aliphatic carbocycles. The lowest BCUT2D eigenvalue weighted by Gasteiger charge is -2.04. The van der Waals surface area contributed by atoms with Gasteiger partial charge in [0, 0.05) is 6.07 Å². The average molecular weight is 337 g/mol. The van der Waals surface area contributed by atoms with Gasteiger partial charge in [0.25, 0.3) is 0 Å². The molecule has 0 atom stereocenters. The van der Waals surface area contributed by atoms with E-state index in [4.69, 9.17) is 4.18 Å². The van der Waals surface area contributed by atoms with E-state index in [0.717, 1.165) is 17.4 Å². The van der Waals surface area contributed by atoms with Crippen LogP contribution in [0.3, 0.4) is 0 Å². The highest BCUT2D eigenvalue weighted by molar-refractivity contribution is 9.11. The fourth-order valence-corrected chi connectivity index (χ4v) is 4.01. The average Bonchev–Trinajstić information content (AvgIpc) is 2.65. The van der Waals surface area contributed by atoms with E-state index in [1.54, 1.807) is 6.07 Å². The maximum atomic E-state index is 12.9. The smallest absolute Gasteiger partial charge is 0.348 e. The van der Waals surface area contributed by atoms with Crippen molar-refractivity contribution in [1.82, 2.24) is 0 Å². The van der Waals surface area contributed by atoms with Crippen molar-refractivity contribution in [2.75, 3.05) is 0 Å². The zero-order chi connectivity index (χ0) is 12.5. The van der Waals surface area contributed by atoms with Gasteiger partial charge in [-0.3, -0.25) is 0 Å². The zero-order valence-corrected chi connectivity index (χ0v) is 11.5. The standard InChI is InChI=1S/C10H6BrFO3S2/c11-9-4-5-10(16-9)17(13,14)15-8-3-1-2-7(12)6-8/h1-6H. The summed E-state index contributed by atoms with van der Waals surface area (Å²) in [6, 6.07) is 8.01. The number of halogens is 2. The molecule has 0 radical (unpaired) electrons. The minimum atomic E-state index is -3.89. The minimum absolute atomic E-state index is 0.0467. The molecular weight excluding hydrogens is 331 g/mol. The third-order valence-corrected chi connectivity index (χ3v) is 5.12. The van der Waals surface area contributed by atoms with Gasteiger partial charge >= 0.3 is 10.1 Å². The molecule has 0 aliphatic rings. The Bertz CT molecular complexity index is 637. The van der Waals surface area contributed by atoms with Gasteiger partial charge in [0.1, 0.15) is 11.6 Å². The molecule has 0 aliphatic heterocycles. The van der Waals surface area contributed by atoms with Crippen LogP contribution in [0.1, 0.15) is 0 Å². The van der Waals surface area contributed by atoms with Crippen LogP contribution in [0.15, 0.2) is 44.4 Å². The van der Waals surface area contributed by atoms with E-state index in [9.17, 15) is 12.8 Å². The van der Waals surface area contributed by atoms with E-state index < -0.39 is 15.9 Å². The van der Waals surface area contributed by atoms with E-state index in [0.29, 0.717) is 3.79 Å². The van der Waals surface area contributed by atoms with Crippen molar-refractivity contribution in [1.29, 1.82) is 0 Å². The Morgan fingerprint density at radius 3 is 2.59 bits per heavy atom. The van der Waals surface area contributed by atoms with Crippen molar-refractivity contribution in [2.45, 2.75) is 4.21 Å². The molecule has 90 valence electrons. The fraction of sp³-hybridized carbons (Fsp3) is 0. The van der Waals surface area contributed by atoms with Crippen LogP contribution in [0.5, 0.6) is 5.75 Å². The van der Waals surface area contributed by atoms with Crippen molar-refractivity contribution in [3.63, 3.8) is 0 Å². The summed E-state index contributed by atoms with van der Waals surface area (Å²) < 4.78 is 42.0. The second-order valence-electron chi connectivity index (χ2n) is 3.05. The Labute approximate surface area is 110 Å². The van der Waals surface area contributed by atoms with Crippen LogP contribution in [0.25, 0.3) is 0 Å². The van der Waals surface area contributed by atoms with E-state index >= 15 is 0 Å². The second kappa shape index (κ2) is 4.75. The molecule has 0 N–H and O–H groups in total. The molecule has 1 aromatic carbocycles. The van der Waals surface area contributed by atoms with Gasteiger partial charge in [0.2, 0.25) is 0 Å². The molecule has 0 bridgehead atoms. The molecule has 0 saturated carbocycles. The van der Waals surface area contributed by atoms with Crippen LogP contribution < -0.4 is 4.18 Å². The van der Waals surface area contributed by atoms with E-state index in [-0.39, 0.29) is 9.96 Å². The maximum absolute atomic E-state index is 12.9. The summed E-state index contributed by atoms with van der Waals surface area (Å²) in [6.07, 6.45) is 0. The van der Waals surface area contributed by atoms with Crippen molar-refractivity contribution in [3.05, 3.63) is 46.0 Å². The largest absolute Gasteiger partial charge is 0.378 e. The van der Waals surface area contributed by atoms with E-state index in [1.165, 1.54) is 24.3 Å². The summed E-state index contributed by atoms with van der Waals surface area (Å²) in [7, 11) is -3.89. The van der Waals surface area contributed by atoms with Gasteiger partial charge in [-0.25, -0.2) is 4.39 Å². The summed E-state index contributed by atoms with van der Waals surface area (Å²) in [5.74, 6) is -0.598. The Hall–Kier alpha value is -0.920. The summed E-state index contributed by atoms with van der Waals surface area (Å²) in [5.41, 5.74) is 0. The normalized spacial score (nSPS) is 11.4. The van der Waals surface area contributed by atoms with Crippen LogP contribution in [0.2, 0.25) is 0 Å². The third kappa shape index (κ3) is 3.05. The Balaban J connectivity index is 2.29. The predicted molar refractivity (Wildman–Crippen MR) is 66.2 cm³/mol. The van der Waals surface area contributed by atoms with Crippen molar-refractivity contribution in [2.24, 2.45) is 0 Å². The molecule has 7 heteroatoms. The molecule has 2 aromatic rings. The minimum Gasteiger partial charge on any atom is -0.378 e. The van der Waals surface area contributed by atoms with Gasteiger partial charge in [-0.05, 0) is 40.2 Å². The number of benzene rings is 1.